The lowest BCUT2D eigenvalue weighted by Gasteiger charge is -2.10. The maximum atomic E-state index is 13.0. The van der Waals surface area contributed by atoms with Gasteiger partial charge < -0.3 is 4.74 Å². The molecule has 76 valence electrons. The predicted molar refractivity (Wildman–Crippen MR) is 52.4 cm³/mol. The molecule has 1 fully saturated rings. The Morgan fingerprint density at radius 3 is 2.86 bits per heavy atom. The van der Waals surface area contributed by atoms with Crippen molar-refractivity contribution in [2.45, 2.75) is 26.2 Å². The molecule has 2 atom stereocenters. The number of hydrogen-bond acceptors (Lipinski definition) is 2. The van der Waals surface area contributed by atoms with Gasteiger partial charge in [0.25, 0.3) is 0 Å². The molecule has 1 aliphatic heterocycles. The number of rotatable bonds is 1. The number of ether oxygens (including phenoxy) is 1. The first-order valence-electron chi connectivity index (χ1n) is 4.81. The molecule has 1 aliphatic rings. The minimum absolute atomic E-state index is 0.0595. The van der Waals surface area contributed by atoms with E-state index < -0.39 is 0 Å². The van der Waals surface area contributed by atoms with Gasteiger partial charge in [-0.2, -0.15) is 0 Å². The van der Waals surface area contributed by atoms with Crippen molar-refractivity contribution in [3.63, 3.8) is 0 Å². The van der Waals surface area contributed by atoms with E-state index in [1.54, 1.807) is 13.0 Å². The van der Waals surface area contributed by atoms with Gasteiger partial charge in [0.2, 0.25) is 0 Å². The van der Waals surface area contributed by atoms with Gasteiger partial charge in [-0.05, 0) is 31.0 Å². The lowest BCUT2D eigenvalue weighted by molar-refractivity contribution is 0.0529. The first-order chi connectivity index (χ1) is 6.66. The Morgan fingerprint density at radius 1 is 1.50 bits per heavy atom. The summed E-state index contributed by atoms with van der Waals surface area (Å²) in [5.74, 6) is -0.159. The molecule has 0 aliphatic carbocycles. The van der Waals surface area contributed by atoms with E-state index in [0.717, 1.165) is 12.1 Å². The number of hydrogen-bond donors (Lipinski definition) is 1. The summed E-state index contributed by atoms with van der Waals surface area (Å²) in [5, 5.41) is 3.19. The molecular weight excluding hydrogens is 181 g/mol. The van der Waals surface area contributed by atoms with Crippen LogP contribution in [0.5, 0.6) is 0 Å². The Kier molecular flexibility index (Phi) is 2.52. The van der Waals surface area contributed by atoms with Gasteiger partial charge in [0.15, 0.2) is 0 Å². The Bertz CT molecular complexity index is 340. The Labute approximate surface area is 83.1 Å². The van der Waals surface area contributed by atoms with Crippen LogP contribution < -0.4 is 5.32 Å². The minimum atomic E-state index is -0.159. The van der Waals surface area contributed by atoms with Gasteiger partial charge in [-0.25, -0.2) is 4.39 Å². The second-order valence-electron chi connectivity index (χ2n) is 3.68. The summed E-state index contributed by atoms with van der Waals surface area (Å²) in [5.41, 5.74) is 1.71. The predicted octanol–water partition coefficient (Wildman–Crippen LogP) is 2.14. The summed E-state index contributed by atoms with van der Waals surface area (Å²) >= 11 is 0. The van der Waals surface area contributed by atoms with Crippen LogP contribution in [-0.2, 0) is 4.74 Å². The van der Waals surface area contributed by atoms with Gasteiger partial charge in [0.05, 0.1) is 6.10 Å². The highest BCUT2D eigenvalue weighted by Crippen LogP contribution is 2.23. The third-order valence-electron chi connectivity index (χ3n) is 2.51. The van der Waals surface area contributed by atoms with E-state index in [2.05, 4.69) is 5.32 Å². The average Bonchev–Trinajstić information content (AvgIpc) is 2.57. The van der Waals surface area contributed by atoms with Crippen molar-refractivity contribution in [1.82, 2.24) is 5.32 Å². The van der Waals surface area contributed by atoms with Crippen LogP contribution >= 0.6 is 0 Å². The number of halogens is 1. The quantitative estimate of drug-likeness (QED) is 0.741. The van der Waals surface area contributed by atoms with Crippen LogP contribution in [0.25, 0.3) is 0 Å². The molecule has 0 aromatic heterocycles. The first-order valence-corrected chi connectivity index (χ1v) is 4.81. The van der Waals surface area contributed by atoms with Crippen LogP contribution in [0, 0.1) is 12.7 Å². The molecular formula is C11H14FNO. The zero-order valence-corrected chi connectivity index (χ0v) is 8.38. The van der Waals surface area contributed by atoms with Crippen LogP contribution in [0.2, 0.25) is 0 Å². The Hall–Kier alpha value is -0.930. The monoisotopic (exact) mass is 195 g/mol. The summed E-state index contributed by atoms with van der Waals surface area (Å²) in [6.07, 6.45) is 0.148. The van der Waals surface area contributed by atoms with Crippen molar-refractivity contribution in [2.24, 2.45) is 0 Å². The molecule has 2 nitrogen and oxygen atoms in total. The van der Waals surface area contributed by atoms with E-state index in [0.29, 0.717) is 5.56 Å². The number of aryl methyl sites for hydroxylation is 1. The van der Waals surface area contributed by atoms with E-state index in [-0.39, 0.29) is 18.1 Å². The Morgan fingerprint density at radius 2 is 2.29 bits per heavy atom. The minimum Gasteiger partial charge on any atom is -0.354 e. The maximum Gasteiger partial charge on any atom is 0.126 e. The van der Waals surface area contributed by atoms with E-state index in [4.69, 9.17) is 4.74 Å². The van der Waals surface area contributed by atoms with Crippen molar-refractivity contribution >= 4 is 0 Å². The number of nitrogens with one attached hydrogen (secondary N) is 1. The van der Waals surface area contributed by atoms with Crippen LogP contribution in [0.1, 0.15) is 24.2 Å². The normalized spacial score (nSPS) is 26.8. The lowest BCUT2D eigenvalue weighted by atomic mass is 10.1. The van der Waals surface area contributed by atoms with E-state index in [1.165, 1.54) is 6.07 Å². The smallest absolute Gasteiger partial charge is 0.126 e. The van der Waals surface area contributed by atoms with Crippen LogP contribution in [-0.4, -0.2) is 12.8 Å². The highest BCUT2D eigenvalue weighted by molar-refractivity contribution is 5.26. The van der Waals surface area contributed by atoms with Gasteiger partial charge in [0.1, 0.15) is 12.0 Å². The van der Waals surface area contributed by atoms with Crippen molar-refractivity contribution in [2.75, 3.05) is 6.54 Å². The molecule has 0 radical (unpaired) electrons. The zero-order valence-electron chi connectivity index (χ0n) is 8.38. The molecule has 1 N–H and O–H groups in total. The Balaban J connectivity index is 2.20. The fourth-order valence-electron chi connectivity index (χ4n) is 1.68. The first kappa shape index (κ1) is 9.62. The molecule has 0 amide bonds. The summed E-state index contributed by atoms with van der Waals surface area (Å²) in [4.78, 5) is 0. The molecule has 14 heavy (non-hydrogen) atoms. The molecule has 1 saturated heterocycles. The summed E-state index contributed by atoms with van der Waals surface area (Å²) in [6.45, 7) is 4.53. The number of benzene rings is 1. The largest absolute Gasteiger partial charge is 0.354 e. The fraction of sp³-hybridized carbons (Fsp3) is 0.455. The molecule has 0 spiro atoms. The van der Waals surface area contributed by atoms with E-state index in [1.807, 2.05) is 13.0 Å². The summed E-state index contributed by atoms with van der Waals surface area (Å²) in [6, 6.07) is 5.13. The van der Waals surface area contributed by atoms with Crippen molar-refractivity contribution in [3.8, 4) is 0 Å². The van der Waals surface area contributed by atoms with Gasteiger partial charge >= 0.3 is 0 Å². The van der Waals surface area contributed by atoms with Gasteiger partial charge in [-0.1, -0.05) is 12.1 Å². The average molecular weight is 195 g/mol. The van der Waals surface area contributed by atoms with Crippen molar-refractivity contribution in [1.29, 1.82) is 0 Å². The summed E-state index contributed by atoms with van der Waals surface area (Å²) < 4.78 is 18.6. The zero-order chi connectivity index (χ0) is 10.1. The molecule has 2 rings (SSSR count). The molecule has 1 aromatic carbocycles. The van der Waals surface area contributed by atoms with Crippen molar-refractivity contribution in [3.05, 3.63) is 35.1 Å². The SMILES string of the molecule is Cc1cc(C2CNC(C)O2)ccc1F. The van der Waals surface area contributed by atoms with E-state index in [9.17, 15) is 4.39 Å². The molecule has 1 aromatic rings. The summed E-state index contributed by atoms with van der Waals surface area (Å²) in [7, 11) is 0. The molecule has 0 saturated carbocycles. The maximum absolute atomic E-state index is 13.0. The standard InChI is InChI=1S/C11H14FNO/c1-7-5-9(3-4-10(7)12)11-6-13-8(2)14-11/h3-5,8,11,13H,6H2,1-2H3. The van der Waals surface area contributed by atoms with Gasteiger partial charge in [-0.3, -0.25) is 5.32 Å². The second-order valence-corrected chi connectivity index (χ2v) is 3.68. The molecule has 2 unspecified atom stereocenters. The molecule has 1 heterocycles. The van der Waals surface area contributed by atoms with Crippen molar-refractivity contribution < 1.29 is 9.13 Å². The molecule has 0 bridgehead atoms. The lowest BCUT2D eigenvalue weighted by Crippen LogP contribution is -2.17. The van der Waals surface area contributed by atoms with Gasteiger partial charge in [0, 0.05) is 6.54 Å². The second kappa shape index (κ2) is 3.67. The highest BCUT2D eigenvalue weighted by Gasteiger charge is 2.22. The van der Waals surface area contributed by atoms with Crippen LogP contribution in [0.3, 0.4) is 0 Å². The van der Waals surface area contributed by atoms with E-state index >= 15 is 0 Å². The van der Waals surface area contributed by atoms with Crippen LogP contribution in [0.4, 0.5) is 4.39 Å². The third-order valence-corrected chi connectivity index (χ3v) is 2.51. The highest BCUT2D eigenvalue weighted by atomic mass is 19.1. The topological polar surface area (TPSA) is 21.3 Å². The third kappa shape index (κ3) is 1.79. The van der Waals surface area contributed by atoms with Gasteiger partial charge in [-0.15, -0.1) is 0 Å². The fourth-order valence-corrected chi connectivity index (χ4v) is 1.68. The van der Waals surface area contributed by atoms with Crippen LogP contribution in [0.15, 0.2) is 18.2 Å². The molecule has 3 heteroatoms.